The fourth-order valence-electron chi connectivity index (χ4n) is 3.52. The highest BCUT2D eigenvalue weighted by atomic mass is 32.2. The van der Waals surface area contributed by atoms with E-state index in [0.29, 0.717) is 11.4 Å². The molecule has 0 atom stereocenters. The second-order valence-electron chi connectivity index (χ2n) is 6.94. The van der Waals surface area contributed by atoms with Crippen LogP contribution in [0.1, 0.15) is 24.8 Å². The third-order valence-corrected chi connectivity index (χ3v) is 6.42. The van der Waals surface area contributed by atoms with Crippen molar-refractivity contribution in [3.8, 4) is 0 Å². The number of nitrogens with one attached hydrogen (secondary N) is 1. The Balaban J connectivity index is 1.62. The van der Waals surface area contributed by atoms with Crippen molar-refractivity contribution in [2.75, 3.05) is 45.6 Å². The molecule has 0 aromatic heterocycles. The third-order valence-electron chi connectivity index (χ3n) is 5.29. The van der Waals surface area contributed by atoms with Crippen LogP contribution in [-0.4, -0.2) is 64.9 Å². The molecule has 0 bridgehead atoms. The molecule has 1 amide bonds. The lowest BCUT2D eigenvalue weighted by Gasteiger charge is -2.41. The minimum atomic E-state index is -3.22. The monoisotopic (exact) mass is 366 g/mol. The Morgan fingerprint density at radius 1 is 1.20 bits per heavy atom. The molecule has 1 saturated heterocycles. The van der Waals surface area contributed by atoms with Crippen molar-refractivity contribution in [3.05, 3.63) is 29.8 Å². The molecule has 1 N–H and O–H groups in total. The minimum Gasteiger partial charge on any atom is -0.379 e. The second-order valence-corrected chi connectivity index (χ2v) is 8.96. The van der Waals surface area contributed by atoms with Crippen LogP contribution in [0.3, 0.4) is 0 Å². The fraction of sp³-hybridized carbons (Fsp3) is 0.611. The van der Waals surface area contributed by atoms with Crippen LogP contribution in [0.15, 0.2) is 29.2 Å². The Morgan fingerprint density at radius 3 is 2.36 bits per heavy atom. The molecular formula is C18H26N2O4S. The minimum absolute atomic E-state index is 0.0547. The number of sulfone groups is 1. The van der Waals surface area contributed by atoms with Crippen molar-refractivity contribution >= 4 is 15.7 Å². The van der Waals surface area contributed by atoms with Gasteiger partial charge in [-0.2, -0.15) is 0 Å². The zero-order valence-corrected chi connectivity index (χ0v) is 15.5. The standard InChI is InChI=1S/C18H26N2O4S/c1-25(22,23)16-5-3-15(4-6-16)18(7-2-8-18)17(21)19-9-10-20-11-13-24-14-12-20/h3-6H,2,7-14H2,1H3,(H,19,21). The molecule has 3 rings (SSSR count). The molecular weight excluding hydrogens is 340 g/mol. The first kappa shape index (κ1) is 18.4. The number of morpholine rings is 1. The maximum absolute atomic E-state index is 12.8. The molecule has 0 unspecified atom stereocenters. The molecule has 2 fully saturated rings. The van der Waals surface area contributed by atoms with Crippen molar-refractivity contribution in [3.63, 3.8) is 0 Å². The van der Waals surface area contributed by atoms with E-state index < -0.39 is 15.3 Å². The summed E-state index contributed by atoms with van der Waals surface area (Å²) in [5, 5.41) is 3.08. The van der Waals surface area contributed by atoms with Crippen molar-refractivity contribution in [2.45, 2.75) is 29.6 Å². The molecule has 0 spiro atoms. The van der Waals surface area contributed by atoms with Crippen molar-refractivity contribution in [1.82, 2.24) is 10.2 Å². The van der Waals surface area contributed by atoms with E-state index in [-0.39, 0.29) is 5.91 Å². The number of carbonyl (C=O) groups excluding carboxylic acids is 1. The van der Waals surface area contributed by atoms with Crippen LogP contribution in [0, 0.1) is 0 Å². The number of nitrogens with zero attached hydrogens (tertiary/aromatic N) is 1. The summed E-state index contributed by atoms with van der Waals surface area (Å²) in [6, 6.07) is 6.78. The van der Waals surface area contributed by atoms with Gasteiger partial charge in [0.15, 0.2) is 9.84 Å². The van der Waals surface area contributed by atoms with E-state index in [2.05, 4.69) is 10.2 Å². The summed E-state index contributed by atoms with van der Waals surface area (Å²) < 4.78 is 28.5. The van der Waals surface area contributed by atoms with E-state index in [1.807, 2.05) is 0 Å². The molecule has 1 heterocycles. The fourth-order valence-corrected chi connectivity index (χ4v) is 4.15. The van der Waals surface area contributed by atoms with Crippen LogP contribution < -0.4 is 5.32 Å². The summed E-state index contributed by atoms with van der Waals surface area (Å²) in [6.07, 6.45) is 3.84. The molecule has 1 aromatic carbocycles. The summed E-state index contributed by atoms with van der Waals surface area (Å²) in [5.41, 5.74) is 0.413. The van der Waals surface area contributed by atoms with Gasteiger partial charge in [-0.25, -0.2) is 8.42 Å². The lowest BCUT2D eigenvalue weighted by atomic mass is 9.64. The van der Waals surface area contributed by atoms with Gasteiger partial charge in [-0.05, 0) is 30.5 Å². The normalized spacial score (nSPS) is 20.7. The van der Waals surface area contributed by atoms with Crippen LogP contribution in [0.2, 0.25) is 0 Å². The SMILES string of the molecule is CS(=O)(=O)c1ccc(C2(C(=O)NCCN3CCOCC3)CCC2)cc1. The number of hydrogen-bond donors (Lipinski definition) is 1. The molecule has 6 nitrogen and oxygen atoms in total. The first-order chi connectivity index (χ1) is 11.9. The molecule has 0 radical (unpaired) electrons. The first-order valence-corrected chi connectivity index (χ1v) is 10.7. The van der Waals surface area contributed by atoms with E-state index in [4.69, 9.17) is 4.74 Å². The predicted octanol–water partition coefficient (Wildman–Crippen LogP) is 0.960. The predicted molar refractivity (Wildman–Crippen MR) is 95.3 cm³/mol. The topological polar surface area (TPSA) is 75.7 Å². The molecule has 138 valence electrons. The largest absolute Gasteiger partial charge is 0.379 e. The van der Waals surface area contributed by atoms with Crippen molar-refractivity contribution in [1.29, 1.82) is 0 Å². The van der Waals surface area contributed by atoms with Gasteiger partial charge in [0.2, 0.25) is 5.91 Å². The zero-order chi connectivity index (χ0) is 17.9. The van der Waals surface area contributed by atoms with Crippen LogP contribution in [0.4, 0.5) is 0 Å². The van der Waals surface area contributed by atoms with E-state index in [1.54, 1.807) is 24.3 Å². The highest BCUT2D eigenvalue weighted by molar-refractivity contribution is 7.90. The number of amides is 1. The Labute approximate surface area is 149 Å². The van der Waals surface area contributed by atoms with Gasteiger partial charge >= 0.3 is 0 Å². The molecule has 1 aromatic rings. The van der Waals surface area contributed by atoms with Crippen LogP contribution in [-0.2, 0) is 24.8 Å². The van der Waals surface area contributed by atoms with Crippen LogP contribution >= 0.6 is 0 Å². The lowest BCUT2D eigenvalue weighted by Crippen LogP contribution is -2.51. The van der Waals surface area contributed by atoms with Gasteiger partial charge in [0.05, 0.1) is 23.5 Å². The number of hydrogen-bond acceptors (Lipinski definition) is 5. The molecule has 7 heteroatoms. The Kier molecular flexibility index (Phi) is 5.46. The number of benzene rings is 1. The molecule has 2 aliphatic rings. The number of carbonyl (C=O) groups is 1. The highest BCUT2D eigenvalue weighted by Crippen LogP contribution is 2.44. The van der Waals surface area contributed by atoms with E-state index >= 15 is 0 Å². The lowest BCUT2D eigenvalue weighted by molar-refractivity contribution is -0.130. The third kappa shape index (κ3) is 4.04. The molecule has 25 heavy (non-hydrogen) atoms. The Bertz CT molecular complexity index is 705. The maximum atomic E-state index is 12.8. The highest BCUT2D eigenvalue weighted by Gasteiger charge is 2.45. The quantitative estimate of drug-likeness (QED) is 0.812. The van der Waals surface area contributed by atoms with E-state index in [1.165, 1.54) is 6.26 Å². The van der Waals surface area contributed by atoms with Crippen LogP contribution in [0.5, 0.6) is 0 Å². The zero-order valence-electron chi connectivity index (χ0n) is 14.7. The summed E-state index contributed by atoms with van der Waals surface area (Å²) in [7, 11) is -3.22. The summed E-state index contributed by atoms with van der Waals surface area (Å²) in [5.74, 6) is 0.0547. The number of ether oxygens (including phenoxy) is 1. The van der Waals surface area contributed by atoms with Gasteiger partial charge < -0.3 is 10.1 Å². The Morgan fingerprint density at radius 2 is 1.84 bits per heavy atom. The van der Waals surface area contributed by atoms with Crippen LogP contribution in [0.25, 0.3) is 0 Å². The van der Waals surface area contributed by atoms with Crippen molar-refractivity contribution in [2.24, 2.45) is 0 Å². The van der Waals surface area contributed by atoms with Gasteiger partial charge in [-0.15, -0.1) is 0 Å². The van der Waals surface area contributed by atoms with Gasteiger partial charge in [0.1, 0.15) is 0 Å². The molecule has 1 aliphatic carbocycles. The Hall–Kier alpha value is -1.44. The molecule has 1 saturated carbocycles. The second kappa shape index (κ2) is 7.43. The summed E-state index contributed by atoms with van der Waals surface area (Å²) in [6.45, 7) is 4.79. The van der Waals surface area contributed by atoms with Gasteiger partial charge in [-0.3, -0.25) is 9.69 Å². The van der Waals surface area contributed by atoms with Gasteiger partial charge in [0.25, 0.3) is 0 Å². The summed E-state index contributed by atoms with van der Waals surface area (Å²) >= 11 is 0. The van der Waals surface area contributed by atoms with E-state index in [0.717, 1.165) is 57.7 Å². The average Bonchev–Trinajstić information content (AvgIpc) is 2.54. The smallest absolute Gasteiger partial charge is 0.230 e. The number of rotatable bonds is 6. The maximum Gasteiger partial charge on any atom is 0.230 e. The summed E-state index contributed by atoms with van der Waals surface area (Å²) in [4.78, 5) is 15.4. The van der Waals surface area contributed by atoms with E-state index in [9.17, 15) is 13.2 Å². The first-order valence-electron chi connectivity index (χ1n) is 8.81. The average molecular weight is 366 g/mol. The van der Waals surface area contributed by atoms with Crippen molar-refractivity contribution < 1.29 is 17.9 Å². The van der Waals surface area contributed by atoms with Gasteiger partial charge in [-0.1, -0.05) is 18.6 Å². The molecule has 1 aliphatic heterocycles. The van der Waals surface area contributed by atoms with Gasteiger partial charge in [0, 0.05) is 32.4 Å².